The van der Waals surface area contributed by atoms with E-state index >= 15 is 0 Å². The Labute approximate surface area is 106 Å². The van der Waals surface area contributed by atoms with Gasteiger partial charge in [0.1, 0.15) is 11.5 Å². The monoisotopic (exact) mass is 242 g/mol. The number of carbonyl (C=O) groups excluding carboxylic acids is 1. The maximum Gasteiger partial charge on any atom is 0.519 e. The maximum atomic E-state index is 11.6. The average molecular weight is 242 g/mol. The molecule has 0 saturated heterocycles. The van der Waals surface area contributed by atoms with Crippen LogP contribution in [0.5, 0.6) is 11.5 Å². The van der Waals surface area contributed by atoms with Crippen molar-refractivity contribution in [3.8, 4) is 11.5 Å². The molecule has 0 fully saturated rings. The summed E-state index contributed by atoms with van der Waals surface area (Å²) in [6.45, 7) is 3.89. The summed E-state index contributed by atoms with van der Waals surface area (Å²) < 4.78 is 10.2. The van der Waals surface area contributed by atoms with Crippen LogP contribution in [0.4, 0.5) is 4.79 Å². The molecule has 18 heavy (non-hydrogen) atoms. The Morgan fingerprint density at radius 1 is 0.833 bits per heavy atom. The Kier molecular flexibility index (Phi) is 3.63. The average Bonchev–Trinajstić information content (AvgIpc) is 2.28. The normalized spacial score (nSPS) is 9.89. The summed E-state index contributed by atoms with van der Waals surface area (Å²) >= 11 is 0. The molecule has 0 saturated carbocycles. The highest BCUT2D eigenvalue weighted by atomic mass is 16.7. The number of hydrogen-bond donors (Lipinski definition) is 0. The highest BCUT2D eigenvalue weighted by Gasteiger charge is 2.08. The van der Waals surface area contributed by atoms with E-state index < -0.39 is 6.16 Å². The predicted octanol–water partition coefficient (Wildman–Crippen LogP) is 3.88. The van der Waals surface area contributed by atoms with E-state index in [1.54, 1.807) is 36.4 Å². The fourth-order valence-corrected chi connectivity index (χ4v) is 1.69. The number of benzene rings is 2. The number of ether oxygens (including phenoxy) is 2. The largest absolute Gasteiger partial charge is 0.519 e. The van der Waals surface area contributed by atoms with Gasteiger partial charge in [-0.25, -0.2) is 4.79 Å². The van der Waals surface area contributed by atoms with Crippen LogP contribution < -0.4 is 9.47 Å². The topological polar surface area (TPSA) is 35.5 Å². The predicted molar refractivity (Wildman–Crippen MR) is 69.0 cm³/mol. The smallest absolute Gasteiger partial charge is 0.395 e. The minimum atomic E-state index is -0.730. The van der Waals surface area contributed by atoms with Gasteiger partial charge in [0.25, 0.3) is 0 Å². The third-order valence-electron chi connectivity index (χ3n) is 2.34. The van der Waals surface area contributed by atoms with Crippen LogP contribution in [-0.4, -0.2) is 6.16 Å². The fraction of sp³-hybridized carbons (Fsp3) is 0.133. The molecule has 0 aliphatic heterocycles. The molecule has 2 aromatic carbocycles. The zero-order valence-electron chi connectivity index (χ0n) is 10.3. The Morgan fingerprint density at radius 3 is 2.00 bits per heavy atom. The summed E-state index contributed by atoms with van der Waals surface area (Å²) in [6.07, 6.45) is -0.730. The number of carbonyl (C=O) groups is 1. The van der Waals surface area contributed by atoms with Crippen LogP contribution in [0, 0.1) is 13.8 Å². The molecule has 92 valence electrons. The second-order valence-electron chi connectivity index (χ2n) is 4.09. The van der Waals surface area contributed by atoms with E-state index in [2.05, 4.69) is 0 Å². The van der Waals surface area contributed by atoms with Gasteiger partial charge in [-0.3, -0.25) is 0 Å². The quantitative estimate of drug-likeness (QED) is 0.592. The van der Waals surface area contributed by atoms with Crippen molar-refractivity contribution in [2.45, 2.75) is 13.8 Å². The SMILES string of the molecule is Cc1cc(C)cc(OC(=O)Oc2ccccc2)c1. The molecule has 0 N–H and O–H groups in total. The second-order valence-corrected chi connectivity index (χ2v) is 4.09. The van der Waals surface area contributed by atoms with E-state index in [4.69, 9.17) is 9.47 Å². The van der Waals surface area contributed by atoms with Crippen LogP contribution in [0.15, 0.2) is 48.5 Å². The molecule has 0 spiro atoms. The molecule has 0 radical (unpaired) electrons. The lowest BCUT2D eigenvalue weighted by Gasteiger charge is -2.07. The lowest BCUT2D eigenvalue weighted by molar-refractivity contribution is 0.152. The maximum absolute atomic E-state index is 11.6. The van der Waals surface area contributed by atoms with E-state index in [1.807, 2.05) is 26.0 Å². The molecular formula is C15H14O3. The molecule has 3 heteroatoms. The molecule has 0 bridgehead atoms. The van der Waals surface area contributed by atoms with Gasteiger partial charge in [-0.15, -0.1) is 0 Å². The molecule has 0 heterocycles. The number of aryl methyl sites for hydroxylation is 2. The molecular weight excluding hydrogens is 228 g/mol. The first-order chi connectivity index (χ1) is 8.63. The van der Waals surface area contributed by atoms with Gasteiger partial charge in [-0.1, -0.05) is 24.3 Å². The number of para-hydroxylation sites is 1. The van der Waals surface area contributed by atoms with Crippen molar-refractivity contribution in [3.05, 3.63) is 59.7 Å². The number of rotatable bonds is 2. The summed E-state index contributed by atoms with van der Waals surface area (Å²) in [6, 6.07) is 14.4. The molecule has 3 nitrogen and oxygen atoms in total. The van der Waals surface area contributed by atoms with Crippen molar-refractivity contribution in [2.75, 3.05) is 0 Å². The van der Waals surface area contributed by atoms with Crippen LogP contribution >= 0.6 is 0 Å². The summed E-state index contributed by atoms with van der Waals surface area (Å²) in [5, 5.41) is 0. The van der Waals surface area contributed by atoms with E-state index in [0.29, 0.717) is 11.5 Å². The molecule has 0 aromatic heterocycles. The van der Waals surface area contributed by atoms with E-state index in [0.717, 1.165) is 11.1 Å². The van der Waals surface area contributed by atoms with Gasteiger partial charge >= 0.3 is 6.16 Å². The van der Waals surface area contributed by atoms with Gasteiger partial charge in [-0.2, -0.15) is 0 Å². The zero-order chi connectivity index (χ0) is 13.0. The molecule has 2 aromatic rings. The number of hydrogen-bond acceptors (Lipinski definition) is 3. The van der Waals surface area contributed by atoms with Gasteiger partial charge < -0.3 is 9.47 Å². The summed E-state index contributed by atoms with van der Waals surface area (Å²) in [4.78, 5) is 11.6. The first-order valence-corrected chi connectivity index (χ1v) is 5.66. The van der Waals surface area contributed by atoms with E-state index in [1.165, 1.54) is 0 Å². The van der Waals surface area contributed by atoms with Gasteiger partial charge in [0.05, 0.1) is 0 Å². The standard InChI is InChI=1S/C15H14O3/c1-11-8-12(2)10-14(9-11)18-15(16)17-13-6-4-3-5-7-13/h3-10H,1-2H3. The third-order valence-corrected chi connectivity index (χ3v) is 2.34. The van der Waals surface area contributed by atoms with Gasteiger partial charge in [0, 0.05) is 0 Å². The third kappa shape index (κ3) is 3.35. The summed E-state index contributed by atoms with van der Waals surface area (Å²) in [5.41, 5.74) is 2.08. The molecule has 0 atom stereocenters. The fourth-order valence-electron chi connectivity index (χ4n) is 1.69. The second kappa shape index (κ2) is 5.36. The van der Waals surface area contributed by atoms with Crippen LogP contribution in [0.2, 0.25) is 0 Å². The Morgan fingerprint density at radius 2 is 1.39 bits per heavy atom. The summed E-state index contributed by atoms with van der Waals surface area (Å²) in [7, 11) is 0. The lowest BCUT2D eigenvalue weighted by Crippen LogP contribution is -2.13. The highest BCUT2D eigenvalue weighted by molar-refractivity contribution is 5.67. The van der Waals surface area contributed by atoms with E-state index in [9.17, 15) is 4.79 Å². The van der Waals surface area contributed by atoms with Crippen molar-refractivity contribution in [2.24, 2.45) is 0 Å². The van der Waals surface area contributed by atoms with Crippen LogP contribution in [-0.2, 0) is 0 Å². The minimum Gasteiger partial charge on any atom is -0.395 e. The molecule has 0 amide bonds. The van der Waals surface area contributed by atoms with Crippen molar-refractivity contribution in [3.63, 3.8) is 0 Å². The minimum absolute atomic E-state index is 0.465. The van der Waals surface area contributed by atoms with Crippen molar-refractivity contribution in [1.82, 2.24) is 0 Å². The van der Waals surface area contributed by atoms with Gasteiger partial charge in [-0.05, 0) is 49.2 Å². The Bertz CT molecular complexity index is 527. The first-order valence-electron chi connectivity index (χ1n) is 5.66. The zero-order valence-corrected chi connectivity index (χ0v) is 10.3. The lowest BCUT2D eigenvalue weighted by atomic mass is 10.1. The first kappa shape index (κ1) is 12.2. The van der Waals surface area contributed by atoms with Crippen LogP contribution in [0.25, 0.3) is 0 Å². The summed E-state index contributed by atoms with van der Waals surface area (Å²) in [5.74, 6) is 0.959. The van der Waals surface area contributed by atoms with E-state index in [-0.39, 0.29) is 0 Å². The van der Waals surface area contributed by atoms with Crippen LogP contribution in [0.1, 0.15) is 11.1 Å². The van der Waals surface area contributed by atoms with Crippen LogP contribution in [0.3, 0.4) is 0 Å². The highest BCUT2D eigenvalue weighted by Crippen LogP contribution is 2.17. The van der Waals surface area contributed by atoms with Gasteiger partial charge in [0.15, 0.2) is 0 Å². The van der Waals surface area contributed by atoms with Crippen molar-refractivity contribution >= 4 is 6.16 Å². The van der Waals surface area contributed by atoms with Gasteiger partial charge in [0.2, 0.25) is 0 Å². The van der Waals surface area contributed by atoms with Crippen molar-refractivity contribution < 1.29 is 14.3 Å². The molecule has 2 rings (SSSR count). The molecule has 0 unspecified atom stereocenters. The Hall–Kier alpha value is -2.29. The van der Waals surface area contributed by atoms with Crippen molar-refractivity contribution in [1.29, 1.82) is 0 Å². The Balaban J connectivity index is 2.03. The molecule has 0 aliphatic carbocycles. The molecule has 0 aliphatic rings.